The molecular weight excluding hydrogens is 176 g/mol. The predicted octanol–water partition coefficient (Wildman–Crippen LogP) is -0.370. The van der Waals surface area contributed by atoms with Gasteiger partial charge < -0.3 is 4.90 Å². The minimum atomic E-state index is -3.02. The molecule has 1 aliphatic heterocycles. The third-order valence-corrected chi connectivity index (χ3v) is 2.77. The van der Waals surface area contributed by atoms with E-state index >= 15 is 0 Å². The summed E-state index contributed by atoms with van der Waals surface area (Å²) in [5.74, 6) is 0. The fraction of sp³-hybridized carbons (Fsp3) is 1.00. The van der Waals surface area contributed by atoms with Gasteiger partial charge in [0.15, 0.2) is 0 Å². The van der Waals surface area contributed by atoms with Crippen LogP contribution >= 0.6 is 0 Å². The maximum absolute atomic E-state index is 10.9. The van der Waals surface area contributed by atoms with Crippen molar-refractivity contribution in [3.05, 3.63) is 0 Å². The normalized spacial score (nSPS) is 27.3. The van der Waals surface area contributed by atoms with Crippen molar-refractivity contribution in [2.75, 3.05) is 26.4 Å². The second-order valence-electron chi connectivity index (χ2n) is 3.49. The van der Waals surface area contributed by atoms with Gasteiger partial charge in [0, 0.05) is 12.6 Å². The first-order valence-electron chi connectivity index (χ1n) is 4.13. The van der Waals surface area contributed by atoms with Crippen LogP contribution in [0.25, 0.3) is 0 Å². The molecule has 0 amide bonds. The molecule has 0 aromatic heterocycles. The lowest BCUT2D eigenvalue weighted by Crippen LogP contribution is -2.45. The lowest BCUT2D eigenvalue weighted by molar-refractivity contribution is 0.242. The molecule has 72 valence electrons. The fourth-order valence-electron chi connectivity index (χ4n) is 1.57. The van der Waals surface area contributed by atoms with Crippen molar-refractivity contribution in [2.45, 2.75) is 18.9 Å². The largest absolute Gasteiger partial charge is 0.305 e. The molecule has 0 aromatic carbocycles. The molecule has 1 saturated heterocycles. The molecule has 1 aliphatic rings. The summed E-state index contributed by atoms with van der Waals surface area (Å²) in [5.41, 5.74) is 0. The van der Waals surface area contributed by atoms with Gasteiger partial charge in [-0.25, -0.2) is 13.1 Å². The van der Waals surface area contributed by atoms with Crippen LogP contribution in [0, 0.1) is 0 Å². The number of sulfonamides is 1. The molecule has 0 unspecified atom stereocenters. The third-order valence-electron chi connectivity index (χ3n) is 2.01. The van der Waals surface area contributed by atoms with Crippen LogP contribution in [0.3, 0.4) is 0 Å². The van der Waals surface area contributed by atoms with Crippen LogP contribution in [0.1, 0.15) is 12.8 Å². The maximum Gasteiger partial charge on any atom is 0.208 e. The monoisotopic (exact) mass is 192 g/mol. The number of hydrogen-bond acceptors (Lipinski definition) is 3. The van der Waals surface area contributed by atoms with Crippen molar-refractivity contribution in [3.8, 4) is 0 Å². The molecule has 0 bridgehead atoms. The second-order valence-corrected chi connectivity index (χ2v) is 5.27. The van der Waals surface area contributed by atoms with Gasteiger partial charge in [-0.3, -0.25) is 0 Å². The Morgan fingerprint density at radius 1 is 1.50 bits per heavy atom. The minimum absolute atomic E-state index is 0.110. The van der Waals surface area contributed by atoms with Crippen molar-refractivity contribution in [1.29, 1.82) is 0 Å². The molecule has 1 N–H and O–H groups in total. The van der Waals surface area contributed by atoms with E-state index in [4.69, 9.17) is 0 Å². The van der Waals surface area contributed by atoms with Crippen LogP contribution < -0.4 is 4.72 Å². The molecule has 0 saturated carbocycles. The Kier molecular flexibility index (Phi) is 3.09. The van der Waals surface area contributed by atoms with E-state index < -0.39 is 10.0 Å². The molecule has 0 spiro atoms. The first kappa shape index (κ1) is 9.95. The minimum Gasteiger partial charge on any atom is -0.305 e. The van der Waals surface area contributed by atoms with Crippen LogP contribution in [0.4, 0.5) is 0 Å². The summed E-state index contributed by atoms with van der Waals surface area (Å²) in [7, 11) is -1.01. The van der Waals surface area contributed by atoms with Crippen LogP contribution in [0.15, 0.2) is 0 Å². The van der Waals surface area contributed by atoms with Gasteiger partial charge in [-0.15, -0.1) is 0 Å². The zero-order valence-corrected chi connectivity index (χ0v) is 8.39. The van der Waals surface area contributed by atoms with Crippen molar-refractivity contribution in [1.82, 2.24) is 9.62 Å². The van der Waals surface area contributed by atoms with Crippen LogP contribution in [-0.2, 0) is 10.0 Å². The van der Waals surface area contributed by atoms with E-state index in [2.05, 4.69) is 9.62 Å². The van der Waals surface area contributed by atoms with E-state index in [0.717, 1.165) is 25.9 Å². The Morgan fingerprint density at radius 2 is 2.17 bits per heavy atom. The number of nitrogens with one attached hydrogen (secondary N) is 1. The Bertz CT molecular complexity index is 238. The topological polar surface area (TPSA) is 49.4 Å². The average Bonchev–Trinajstić information content (AvgIpc) is 1.82. The van der Waals surface area contributed by atoms with E-state index in [1.807, 2.05) is 7.05 Å². The lowest BCUT2D eigenvalue weighted by atomic mass is 10.1. The van der Waals surface area contributed by atoms with Crippen LogP contribution in [0.2, 0.25) is 0 Å². The molecule has 5 heteroatoms. The summed E-state index contributed by atoms with van der Waals surface area (Å²) in [6.45, 7) is 1.90. The number of rotatable bonds is 2. The summed E-state index contributed by atoms with van der Waals surface area (Å²) < 4.78 is 24.4. The number of hydrogen-bond donors (Lipinski definition) is 1. The molecule has 4 nitrogen and oxygen atoms in total. The van der Waals surface area contributed by atoms with Crippen LogP contribution in [-0.4, -0.2) is 45.8 Å². The summed E-state index contributed by atoms with van der Waals surface area (Å²) in [4.78, 5) is 2.15. The van der Waals surface area contributed by atoms with E-state index in [-0.39, 0.29) is 6.04 Å². The highest BCUT2D eigenvalue weighted by molar-refractivity contribution is 7.88. The third kappa shape index (κ3) is 3.51. The van der Waals surface area contributed by atoms with Gasteiger partial charge >= 0.3 is 0 Å². The van der Waals surface area contributed by atoms with Gasteiger partial charge in [0.25, 0.3) is 0 Å². The van der Waals surface area contributed by atoms with Crippen molar-refractivity contribution in [3.63, 3.8) is 0 Å². The van der Waals surface area contributed by atoms with Crippen LogP contribution in [0.5, 0.6) is 0 Å². The smallest absolute Gasteiger partial charge is 0.208 e. The highest BCUT2D eigenvalue weighted by atomic mass is 32.2. The van der Waals surface area contributed by atoms with Gasteiger partial charge in [0.05, 0.1) is 6.26 Å². The Morgan fingerprint density at radius 3 is 2.67 bits per heavy atom. The highest BCUT2D eigenvalue weighted by Gasteiger charge is 2.19. The van der Waals surface area contributed by atoms with Gasteiger partial charge in [-0.2, -0.15) is 0 Å². The lowest BCUT2D eigenvalue weighted by Gasteiger charge is -2.29. The SMILES string of the molecule is CN1CCC[C@@H](NS(C)(=O)=O)C1. The average molecular weight is 192 g/mol. The molecule has 1 fully saturated rings. The zero-order chi connectivity index (χ0) is 9.19. The molecule has 1 atom stereocenters. The number of nitrogens with zero attached hydrogens (tertiary/aromatic N) is 1. The Labute approximate surface area is 74.0 Å². The molecule has 0 radical (unpaired) electrons. The van der Waals surface area contributed by atoms with Gasteiger partial charge in [0.1, 0.15) is 0 Å². The maximum atomic E-state index is 10.9. The molecule has 0 aliphatic carbocycles. The molecule has 1 rings (SSSR count). The highest BCUT2D eigenvalue weighted by Crippen LogP contribution is 2.08. The first-order chi connectivity index (χ1) is 5.47. The molecule has 12 heavy (non-hydrogen) atoms. The molecular formula is C7H16N2O2S. The number of likely N-dealkylation sites (N-methyl/N-ethyl adjacent to an activating group) is 1. The van der Waals surface area contributed by atoms with E-state index in [0.29, 0.717) is 0 Å². The standard InChI is InChI=1S/C7H16N2O2S/c1-9-5-3-4-7(6-9)8-12(2,10)11/h7-8H,3-6H2,1-2H3/t7-/m1/s1. The Hall–Kier alpha value is -0.130. The summed E-state index contributed by atoms with van der Waals surface area (Å²) in [6, 6.07) is 0.110. The molecule has 1 heterocycles. The van der Waals surface area contributed by atoms with Gasteiger partial charge in [0.2, 0.25) is 10.0 Å². The summed E-state index contributed by atoms with van der Waals surface area (Å²) in [5, 5.41) is 0. The van der Waals surface area contributed by atoms with E-state index in [1.54, 1.807) is 0 Å². The van der Waals surface area contributed by atoms with E-state index in [9.17, 15) is 8.42 Å². The van der Waals surface area contributed by atoms with Crippen molar-refractivity contribution < 1.29 is 8.42 Å². The van der Waals surface area contributed by atoms with Gasteiger partial charge in [-0.1, -0.05) is 0 Å². The quantitative estimate of drug-likeness (QED) is 0.649. The zero-order valence-electron chi connectivity index (χ0n) is 7.58. The molecule has 0 aromatic rings. The second kappa shape index (κ2) is 3.72. The Balaban J connectivity index is 2.43. The van der Waals surface area contributed by atoms with Crippen molar-refractivity contribution in [2.24, 2.45) is 0 Å². The summed E-state index contributed by atoms with van der Waals surface area (Å²) in [6.07, 6.45) is 3.24. The number of piperidine rings is 1. The van der Waals surface area contributed by atoms with Gasteiger partial charge in [-0.05, 0) is 26.4 Å². The number of likely N-dealkylation sites (tertiary alicyclic amines) is 1. The van der Waals surface area contributed by atoms with E-state index in [1.165, 1.54) is 6.26 Å². The summed E-state index contributed by atoms with van der Waals surface area (Å²) >= 11 is 0. The first-order valence-corrected chi connectivity index (χ1v) is 6.02. The fourth-order valence-corrected chi connectivity index (χ4v) is 2.36. The predicted molar refractivity (Wildman–Crippen MR) is 48.5 cm³/mol. The van der Waals surface area contributed by atoms with Crippen molar-refractivity contribution >= 4 is 10.0 Å².